The summed E-state index contributed by atoms with van der Waals surface area (Å²) in [5, 5.41) is 8.06. The molecule has 0 saturated heterocycles. The standard InChI is InChI=1S/C22H20FN5O5/c1-32-13-7-8-15(16(9-13)33-2)25-20(30)14-10-17(29)26-19-18(14)21(31)28-22(27-19)24-12-5-3-11(23)4-6-12/h3-9,14H,10H2,1-2H3,(H,25,30)(H3,24,26,27,28,29,31). The molecule has 0 aliphatic carbocycles. The van der Waals surface area contributed by atoms with E-state index >= 15 is 0 Å². The van der Waals surface area contributed by atoms with E-state index in [9.17, 15) is 18.8 Å². The molecule has 2 aromatic carbocycles. The number of carbonyl (C=O) groups excluding carboxylic acids is 2. The minimum absolute atomic E-state index is 0.0264. The minimum Gasteiger partial charge on any atom is -0.497 e. The molecule has 2 heterocycles. The van der Waals surface area contributed by atoms with Gasteiger partial charge in [0.15, 0.2) is 0 Å². The molecule has 0 bridgehead atoms. The molecule has 1 aromatic heterocycles. The second-order valence-corrected chi connectivity index (χ2v) is 7.17. The van der Waals surface area contributed by atoms with Gasteiger partial charge in [-0.3, -0.25) is 19.4 Å². The molecule has 2 amide bonds. The van der Waals surface area contributed by atoms with E-state index in [4.69, 9.17) is 9.47 Å². The van der Waals surface area contributed by atoms with Crippen LogP contribution in [0.2, 0.25) is 0 Å². The first-order chi connectivity index (χ1) is 15.9. The Morgan fingerprint density at radius 1 is 1.12 bits per heavy atom. The number of nitrogens with one attached hydrogen (secondary N) is 4. The van der Waals surface area contributed by atoms with Crippen molar-refractivity contribution >= 4 is 35.0 Å². The number of hydrogen-bond acceptors (Lipinski definition) is 7. The van der Waals surface area contributed by atoms with Crippen molar-refractivity contribution in [2.75, 3.05) is 30.2 Å². The highest BCUT2D eigenvalue weighted by atomic mass is 19.1. The first kappa shape index (κ1) is 21.8. The van der Waals surface area contributed by atoms with Crippen molar-refractivity contribution in [2.24, 2.45) is 0 Å². The summed E-state index contributed by atoms with van der Waals surface area (Å²) in [6.45, 7) is 0. The van der Waals surface area contributed by atoms with Crippen molar-refractivity contribution in [1.82, 2.24) is 9.97 Å². The Kier molecular flexibility index (Phi) is 5.94. The molecule has 3 aromatic rings. The summed E-state index contributed by atoms with van der Waals surface area (Å²) in [6.07, 6.45) is -0.229. The molecule has 33 heavy (non-hydrogen) atoms. The van der Waals surface area contributed by atoms with Gasteiger partial charge in [-0.25, -0.2) is 4.39 Å². The summed E-state index contributed by atoms with van der Waals surface area (Å²) in [5.74, 6) is -1.62. The Bertz CT molecular complexity index is 1280. The summed E-state index contributed by atoms with van der Waals surface area (Å²) in [7, 11) is 2.95. The lowest BCUT2D eigenvalue weighted by molar-refractivity contribution is -0.123. The van der Waals surface area contributed by atoms with Crippen LogP contribution in [0.5, 0.6) is 11.5 Å². The van der Waals surface area contributed by atoms with Crippen LogP contribution in [0, 0.1) is 5.82 Å². The van der Waals surface area contributed by atoms with Crippen LogP contribution >= 0.6 is 0 Å². The number of amides is 2. The highest BCUT2D eigenvalue weighted by Crippen LogP contribution is 2.33. The van der Waals surface area contributed by atoms with Gasteiger partial charge in [0.2, 0.25) is 17.8 Å². The van der Waals surface area contributed by atoms with Crippen molar-refractivity contribution in [1.29, 1.82) is 0 Å². The van der Waals surface area contributed by atoms with Crippen LogP contribution in [0.25, 0.3) is 0 Å². The van der Waals surface area contributed by atoms with Gasteiger partial charge in [0.25, 0.3) is 5.56 Å². The van der Waals surface area contributed by atoms with Gasteiger partial charge in [-0.2, -0.15) is 4.98 Å². The van der Waals surface area contributed by atoms with Crippen molar-refractivity contribution in [3.8, 4) is 11.5 Å². The summed E-state index contributed by atoms with van der Waals surface area (Å²) < 4.78 is 23.5. The number of fused-ring (bicyclic) bond motifs is 1. The van der Waals surface area contributed by atoms with Gasteiger partial charge in [-0.1, -0.05) is 0 Å². The zero-order valence-electron chi connectivity index (χ0n) is 17.7. The predicted octanol–water partition coefficient (Wildman–Crippen LogP) is 2.73. The normalized spacial score (nSPS) is 14.6. The Morgan fingerprint density at radius 2 is 1.88 bits per heavy atom. The van der Waals surface area contributed by atoms with E-state index in [-0.39, 0.29) is 23.8 Å². The van der Waals surface area contributed by atoms with E-state index < -0.39 is 29.1 Å². The van der Waals surface area contributed by atoms with Crippen molar-refractivity contribution in [2.45, 2.75) is 12.3 Å². The average Bonchev–Trinajstić information content (AvgIpc) is 2.80. The van der Waals surface area contributed by atoms with Crippen LogP contribution < -0.4 is 31.0 Å². The molecule has 0 spiro atoms. The molecule has 1 aliphatic rings. The first-order valence-corrected chi connectivity index (χ1v) is 9.87. The number of H-pyrrole nitrogens is 1. The largest absolute Gasteiger partial charge is 0.497 e. The molecule has 10 nitrogen and oxygen atoms in total. The number of ether oxygens (including phenoxy) is 2. The van der Waals surface area contributed by atoms with Gasteiger partial charge in [-0.05, 0) is 36.4 Å². The Labute approximate surface area is 187 Å². The molecule has 1 aliphatic heterocycles. The third kappa shape index (κ3) is 4.61. The quantitative estimate of drug-likeness (QED) is 0.451. The predicted molar refractivity (Wildman–Crippen MR) is 119 cm³/mol. The SMILES string of the molecule is COc1ccc(NC(=O)C2CC(=O)Nc3nc(Nc4ccc(F)cc4)[nH]c(=O)c32)c(OC)c1. The molecule has 1 atom stereocenters. The number of halogens is 1. The summed E-state index contributed by atoms with van der Waals surface area (Å²) in [4.78, 5) is 44.9. The average molecular weight is 453 g/mol. The molecule has 170 valence electrons. The van der Waals surface area contributed by atoms with Crippen LogP contribution in [-0.4, -0.2) is 36.0 Å². The van der Waals surface area contributed by atoms with Gasteiger partial charge in [0, 0.05) is 18.2 Å². The number of rotatable bonds is 6. The van der Waals surface area contributed by atoms with Gasteiger partial charge >= 0.3 is 0 Å². The topological polar surface area (TPSA) is 134 Å². The molecular formula is C22H20FN5O5. The zero-order chi connectivity index (χ0) is 23.5. The van der Waals surface area contributed by atoms with E-state index in [2.05, 4.69) is 25.9 Å². The second-order valence-electron chi connectivity index (χ2n) is 7.17. The molecule has 4 N–H and O–H groups in total. The maximum atomic E-state index is 13.1. The first-order valence-electron chi connectivity index (χ1n) is 9.87. The summed E-state index contributed by atoms with van der Waals surface area (Å²) >= 11 is 0. The van der Waals surface area contributed by atoms with Gasteiger partial charge in [0.05, 0.1) is 31.4 Å². The van der Waals surface area contributed by atoms with Crippen LogP contribution in [0.4, 0.5) is 27.5 Å². The van der Waals surface area contributed by atoms with Crippen molar-refractivity contribution in [3.63, 3.8) is 0 Å². The van der Waals surface area contributed by atoms with Crippen LogP contribution in [0.15, 0.2) is 47.3 Å². The number of hydrogen-bond donors (Lipinski definition) is 4. The van der Waals surface area contributed by atoms with E-state index in [1.54, 1.807) is 18.2 Å². The second kappa shape index (κ2) is 8.99. The molecule has 1 unspecified atom stereocenters. The van der Waals surface area contributed by atoms with E-state index in [1.165, 1.54) is 38.5 Å². The summed E-state index contributed by atoms with van der Waals surface area (Å²) in [5.41, 5.74) is 0.271. The monoisotopic (exact) mass is 453 g/mol. The fourth-order valence-corrected chi connectivity index (χ4v) is 3.45. The third-order valence-corrected chi connectivity index (χ3v) is 5.04. The number of aromatic amines is 1. The van der Waals surface area contributed by atoms with Crippen LogP contribution in [-0.2, 0) is 9.59 Å². The summed E-state index contributed by atoms with van der Waals surface area (Å²) in [6, 6.07) is 10.2. The lowest BCUT2D eigenvalue weighted by Gasteiger charge is -2.24. The van der Waals surface area contributed by atoms with Gasteiger partial charge < -0.3 is 25.4 Å². The fraction of sp³-hybridized carbons (Fsp3) is 0.182. The number of benzene rings is 2. The molecule has 11 heteroatoms. The Balaban J connectivity index is 1.63. The van der Waals surface area contributed by atoms with Gasteiger partial charge in [0.1, 0.15) is 23.1 Å². The van der Waals surface area contributed by atoms with Crippen LogP contribution in [0.3, 0.4) is 0 Å². The highest BCUT2D eigenvalue weighted by molar-refractivity contribution is 6.05. The van der Waals surface area contributed by atoms with Crippen molar-refractivity contribution < 1.29 is 23.5 Å². The zero-order valence-corrected chi connectivity index (χ0v) is 17.7. The number of aromatic nitrogens is 2. The number of nitrogens with zero attached hydrogens (tertiary/aromatic N) is 1. The molecular weight excluding hydrogens is 433 g/mol. The maximum Gasteiger partial charge on any atom is 0.258 e. The number of methoxy groups -OCH3 is 2. The fourth-order valence-electron chi connectivity index (χ4n) is 3.45. The number of anilines is 4. The lowest BCUT2D eigenvalue weighted by atomic mass is 9.92. The van der Waals surface area contributed by atoms with Crippen LogP contribution in [0.1, 0.15) is 17.9 Å². The van der Waals surface area contributed by atoms with Gasteiger partial charge in [-0.15, -0.1) is 0 Å². The molecule has 0 saturated carbocycles. The van der Waals surface area contributed by atoms with E-state index in [0.717, 1.165) is 0 Å². The smallest absolute Gasteiger partial charge is 0.258 e. The maximum absolute atomic E-state index is 13.1. The minimum atomic E-state index is -1.07. The lowest BCUT2D eigenvalue weighted by Crippen LogP contribution is -2.36. The number of carbonyl (C=O) groups is 2. The highest BCUT2D eigenvalue weighted by Gasteiger charge is 2.35. The molecule has 0 fully saturated rings. The third-order valence-electron chi connectivity index (χ3n) is 5.04. The van der Waals surface area contributed by atoms with E-state index in [0.29, 0.717) is 22.9 Å². The Morgan fingerprint density at radius 3 is 2.58 bits per heavy atom. The molecule has 0 radical (unpaired) electrons. The Hall–Kier alpha value is -4.41. The van der Waals surface area contributed by atoms with E-state index in [1.807, 2.05) is 0 Å². The molecule has 4 rings (SSSR count). The van der Waals surface area contributed by atoms with Crippen molar-refractivity contribution in [3.05, 3.63) is 64.2 Å².